The van der Waals surface area contributed by atoms with Crippen LogP contribution in [0.15, 0.2) is 0 Å². The lowest BCUT2D eigenvalue weighted by Gasteiger charge is -2.42. The molecular formula is C32H69N3. The minimum Gasteiger partial charge on any atom is -0.303 e. The molecule has 0 rings (SSSR count). The summed E-state index contributed by atoms with van der Waals surface area (Å²) in [4.78, 5) is 8.56. The van der Waals surface area contributed by atoms with E-state index in [2.05, 4.69) is 63.2 Å². The molecule has 0 aromatic rings. The van der Waals surface area contributed by atoms with Crippen molar-refractivity contribution in [2.45, 2.75) is 145 Å². The first kappa shape index (κ1) is 34.9. The number of unbranched alkanes of at least 4 members (excludes halogenated alkanes) is 9. The third-order valence-corrected chi connectivity index (χ3v) is 7.53. The predicted molar refractivity (Wildman–Crippen MR) is 161 cm³/mol. The van der Waals surface area contributed by atoms with Crippen molar-refractivity contribution in [3.05, 3.63) is 0 Å². The van der Waals surface area contributed by atoms with Gasteiger partial charge in [-0.05, 0) is 77.8 Å². The van der Waals surface area contributed by atoms with E-state index < -0.39 is 0 Å². The molecule has 0 spiro atoms. The molecule has 0 heterocycles. The summed E-state index contributed by atoms with van der Waals surface area (Å²) in [5.41, 5.74) is 0.333. The van der Waals surface area contributed by atoms with Crippen molar-refractivity contribution in [3.8, 4) is 0 Å². The number of nitrogens with zero attached hydrogens (tertiary/aromatic N) is 3. The van der Waals surface area contributed by atoms with Gasteiger partial charge in [0.2, 0.25) is 0 Å². The zero-order valence-electron chi connectivity index (χ0n) is 25.8. The molecule has 0 aromatic heterocycles. The molecule has 0 amide bonds. The summed E-state index contributed by atoms with van der Waals surface area (Å²) in [7, 11) is 0. The van der Waals surface area contributed by atoms with Crippen molar-refractivity contribution in [1.82, 2.24) is 14.7 Å². The first-order valence-electron chi connectivity index (χ1n) is 16.1. The highest BCUT2D eigenvalue weighted by molar-refractivity contribution is 4.86. The van der Waals surface area contributed by atoms with E-state index in [1.165, 1.54) is 155 Å². The second-order valence-electron chi connectivity index (χ2n) is 11.8. The van der Waals surface area contributed by atoms with Crippen LogP contribution >= 0.6 is 0 Å². The van der Waals surface area contributed by atoms with Gasteiger partial charge in [-0.15, -0.1) is 0 Å². The van der Waals surface area contributed by atoms with E-state index in [4.69, 9.17) is 0 Å². The molecular weight excluding hydrogens is 426 g/mol. The molecule has 0 aliphatic carbocycles. The SMILES string of the molecule is CCCCCN(CCCC)CC(C)(CN(CCCC)CCCCC)CN(CCCC)CCCCC. The average Bonchev–Trinajstić information content (AvgIpc) is 2.84. The van der Waals surface area contributed by atoms with Crippen molar-refractivity contribution in [2.24, 2.45) is 5.41 Å². The highest BCUT2D eigenvalue weighted by atomic mass is 15.2. The topological polar surface area (TPSA) is 9.72 Å². The van der Waals surface area contributed by atoms with Gasteiger partial charge in [-0.1, -0.05) is 106 Å². The van der Waals surface area contributed by atoms with E-state index in [-0.39, 0.29) is 0 Å². The van der Waals surface area contributed by atoms with E-state index in [9.17, 15) is 0 Å². The summed E-state index contributed by atoms with van der Waals surface area (Å²) in [5.74, 6) is 0. The Balaban J connectivity index is 5.66. The molecule has 3 heteroatoms. The van der Waals surface area contributed by atoms with Crippen LogP contribution in [-0.4, -0.2) is 73.6 Å². The quantitative estimate of drug-likeness (QED) is 0.105. The molecule has 0 saturated carbocycles. The number of hydrogen-bond donors (Lipinski definition) is 0. The Morgan fingerprint density at radius 3 is 0.800 bits per heavy atom. The molecule has 35 heavy (non-hydrogen) atoms. The normalized spacial score (nSPS) is 12.5. The number of rotatable bonds is 27. The molecule has 0 bridgehead atoms. The van der Waals surface area contributed by atoms with Crippen LogP contribution < -0.4 is 0 Å². The molecule has 212 valence electrons. The first-order chi connectivity index (χ1) is 17.0. The average molecular weight is 496 g/mol. The lowest BCUT2D eigenvalue weighted by atomic mass is 9.87. The van der Waals surface area contributed by atoms with Crippen LogP contribution in [-0.2, 0) is 0 Å². The van der Waals surface area contributed by atoms with E-state index in [1.54, 1.807) is 0 Å². The molecule has 0 N–H and O–H groups in total. The molecule has 0 unspecified atom stereocenters. The van der Waals surface area contributed by atoms with Gasteiger partial charge in [-0.3, -0.25) is 0 Å². The first-order valence-corrected chi connectivity index (χ1v) is 16.1. The molecule has 3 nitrogen and oxygen atoms in total. The molecule has 0 aromatic carbocycles. The van der Waals surface area contributed by atoms with Crippen molar-refractivity contribution in [2.75, 3.05) is 58.9 Å². The molecule has 0 aliphatic heterocycles. The lowest BCUT2D eigenvalue weighted by Crippen LogP contribution is -2.51. The van der Waals surface area contributed by atoms with Crippen LogP contribution in [0, 0.1) is 5.41 Å². The van der Waals surface area contributed by atoms with Crippen LogP contribution in [0.5, 0.6) is 0 Å². The maximum atomic E-state index is 2.85. The molecule has 0 saturated heterocycles. The lowest BCUT2D eigenvalue weighted by molar-refractivity contribution is 0.0622. The van der Waals surface area contributed by atoms with Gasteiger partial charge in [-0.2, -0.15) is 0 Å². The van der Waals surface area contributed by atoms with Crippen LogP contribution in [0.2, 0.25) is 0 Å². The summed E-state index contributed by atoms with van der Waals surface area (Å²) >= 11 is 0. The minimum atomic E-state index is 0.333. The Labute approximate surface area is 223 Å². The van der Waals surface area contributed by atoms with Gasteiger partial charge in [0.15, 0.2) is 0 Å². The van der Waals surface area contributed by atoms with Gasteiger partial charge in [0.05, 0.1) is 0 Å². The summed E-state index contributed by atoms with van der Waals surface area (Å²) < 4.78 is 0. The molecule has 0 fully saturated rings. The zero-order valence-corrected chi connectivity index (χ0v) is 25.8. The molecule has 0 aliphatic rings. The van der Waals surface area contributed by atoms with E-state index in [0.717, 1.165) is 0 Å². The van der Waals surface area contributed by atoms with Crippen LogP contribution in [0.4, 0.5) is 0 Å². The fourth-order valence-electron chi connectivity index (χ4n) is 5.48. The second kappa shape index (κ2) is 24.2. The van der Waals surface area contributed by atoms with Gasteiger partial charge in [0, 0.05) is 25.0 Å². The maximum Gasteiger partial charge on any atom is 0.00599 e. The summed E-state index contributed by atoms with van der Waals surface area (Å²) in [6, 6.07) is 0. The van der Waals surface area contributed by atoms with Crippen molar-refractivity contribution in [3.63, 3.8) is 0 Å². The highest BCUT2D eigenvalue weighted by Crippen LogP contribution is 2.25. The molecule has 0 atom stereocenters. The predicted octanol–water partition coefficient (Wildman–Crippen LogP) is 8.87. The fourth-order valence-corrected chi connectivity index (χ4v) is 5.48. The second-order valence-corrected chi connectivity index (χ2v) is 11.8. The van der Waals surface area contributed by atoms with Crippen molar-refractivity contribution in [1.29, 1.82) is 0 Å². The van der Waals surface area contributed by atoms with E-state index in [1.807, 2.05) is 0 Å². The summed E-state index contributed by atoms with van der Waals surface area (Å²) in [6.45, 7) is 28.2. The zero-order chi connectivity index (χ0) is 26.2. The Kier molecular flexibility index (Phi) is 24.1. The van der Waals surface area contributed by atoms with E-state index >= 15 is 0 Å². The van der Waals surface area contributed by atoms with Gasteiger partial charge in [0.1, 0.15) is 0 Å². The van der Waals surface area contributed by atoms with Gasteiger partial charge >= 0.3 is 0 Å². The minimum absolute atomic E-state index is 0.333. The Morgan fingerprint density at radius 2 is 0.571 bits per heavy atom. The van der Waals surface area contributed by atoms with Gasteiger partial charge < -0.3 is 14.7 Å². The van der Waals surface area contributed by atoms with Gasteiger partial charge in [-0.25, -0.2) is 0 Å². The monoisotopic (exact) mass is 496 g/mol. The largest absolute Gasteiger partial charge is 0.303 e. The maximum absolute atomic E-state index is 2.85. The standard InChI is InChI=1S/C32H69N3/c1-8-14-20-26-33(23-17-11-4)29-32(7,30-34(24-18-12-5)27-21-15-9-2)31-35(25-19-13-6)28-22-16-10-3/h8-31H2,1-7H3. The van der Waals surface area contributed by atoms with Crippen LogP contribution in [0.1, 0.15) is 145 Å². The Bertz CT molecular complexity index is 365. The van der Waals surface area contributed by atoms with E-state index in [0.29, 0.717) is 5.41 Å². The highest BCUT2D eigenvalue weighted by Gasteiger charge is 2.31. The smallest absolute Gasteiger partial charge is 0.00599 e. The third-order valence-electron chi connectivity index (χ3n) is 7.53. The summed E-state index contributed by atoms with van der Waals surface area (Å²) in [6.07, 6.45) is 20.1. The summed E-state index contributed by atoms with van der Waals surface area (Å²) in [5, 5.41) is 0. The third kappa shape index (κ3) is 19.6. The van der Waals surface area contributed by atoms with Crippen molar-refractivity contribution >= 4 is 0 Å². The Morgan fingerprint density at radius 1 is 0.343 bits per heavy atom. The van der Waals surface area contributed by atoms with Gasteiger partial charge in [0.25, 0.3) is 0 Å². The van der Waals surface area contributed by atoms with Crippen molar-refractivity contribution < 1.29 is 0 Å². The fraction of sp³-hybridized carbons (Fsp3) is 1.00. The molecule has 0 radical (unpaired) electrons. The number of hydrogen-bond acceptors (Lipinski definition) is 3. The van der Waals surface area contributed by atoms with Crippen LogP contribution in [0.25, 0.3) is 0 Å². The Hall–Kier alpha value is -0.120. The van der Waals surface area contributed by atoms with Crippen LogP contribution in [0.3, 0.4) is 0 Å².